The molecule has 0 N–H and O–H groups in total. The standard InChI is InChI=1S/C14H21N/c1-2-3-4-5-6-7-8-9-10-11-12-13-14-15/h3-4,9-10,12-13H,2,5-8,11H2,1H3/b4-3+,10-9+,13-12+. The molecule has 0 fully saturated rings. The molecule has 0 saturated carbocycles. The highest BCUT2D eigenvalue weighted by Gasteiger charge is 1.82. The molecule has 82 valence electrons. The fourth-order valence-electron chi connectivity index (χ4n) is 1.22. The first kappa shape index (κ1) is 13.7. The lowest BCUT2D eigenvalue weighted by molar-refractivity contribution is 0.760. The lowest BCUT2D eigenvalue weighted by atomic mass is 10.1. The predicted octanol–water partition coefficient (Wildman–Crippen LogP) is 4.54. The van der Waals surface area contributed by atoms with E-state index < -0.39 is 0 Å². The van der Waals surface area contributed by atoms with E-state index in [0.29, 0.717) is 0 Å². The minimum Gasteiger partial charge on any atom is -0.193 e. The fraction of sp³-hybridized carbons (Fsp3) is 0.500. The first-order valence-corrected chi connectivity index (χ1v) is 5.76. The van der Waals surface area contributed by atoms with Gasteiger partial charge in [0.15, 0.2) is 0 Å². The van der Waals surface area contributed by atoms with Crippen LogP contribution in [-0.4, -0.2) is 0 Å². The van der Waals surface area contributed by atoms with Crippen molar-refractivity contribution in [1.29, 1.82) is 5.26 Å². The van der Waals surface area contributed by atoms with Crippen molar-refractivity contribution in [3.8, 4) is 6.07 Å². The average Bonchev–Trinajstić information content (AvgIpc) is 2.26. The summed E-state index contributed by atoms with van der Waals surface area (Å²) in [5.74, 6) is 0. The highest BCUT2D eigenvalue weighted by atomic mass is 14.2. The van der Waals surface area contributed by atoms with E-state index in [4.69, 9.17) is 5.26 Å². The van der Waals surface area contributed by atoms with Crippen LogP contribution in [-0.2, 0) is 0 Å². The van der Waals surface area contributed by atoms with Gasteiger partial charge in [-0.05, 0) is 38.5 Å². The molecule has 1 heteroatoms. The Morgan fingerprint density at radius 2 is 1.60 bits per heavy atom. The molecule has 0 radical (unpaired) electrons. The number of allylic oxidation sites excluding steroid dienone is 6. The Kier molecular flexibility index (Phi) is 11.6. The summed E-state index contributed by atoms with van der Waals surface area (Å²) in [5, 5.41) is 8.24. The van der Waals surface area contributed by atoms with Crippen molar-refractivity contribution in [2.75, 3.05) is 0 Å². The Labute approximate surface area is 93.8 Å². The molecule has 0 aromatic heterocycles. The normalized spacial score (nSPS) is 11.7. The summed E-state index contributed by atoms with van der Waals surface area (Å²) >= 11 is 0. The van der Waals surface area contributed by atoms with Crippen molar-refractivity contribution in [2.24, 2.45) is 0 Å². The van der Waals surface area contributed by atoms with Crippen LogP contribution in [0.3, 0.4) is 0 Å². The molecule has 0 saturated heterocycles. The van der Waals surface area contributed by atoms with Gasteiger partial charge in [-0.3, -0.25) is 0 Å². The first-order chi connectivity index (χ1) is 7.41. The van der Waals surface area contributed by atoms with Gasteiger partial charge in [0.2, 0.25) is 0 Å². The number of hydrogen-bond acceptors (Lipinski definition) is 1. The molecule has 0 aliphatic rings. The molecule has 0 spiro atoms. The van der Waals surface area contributed by atoms with Crippen LogP contribution in [0.2, 0.25) is 0 Å². The molecule has 0 atom stereocenters. The molecule has 0 aliphatic carbocycles. The van der Waals surface area contributed by atoms with E-state index >= 15 is 0 Å². The fourth-order valence-corrected chi connectivity index (χ4v) is 1.22. The second-order valence-electron chi connectivity index (χ2n) is 3.40. The lowest BCUT2D eigenvalue weighted by Gasteiger charge is -1.92. The van der Waals surface area contributed by atoms with Crippen molar-refractivity contribution in [1.82, 2.24) is 0 Å². The van der Waals surface area contributed by atoms with E-state index in [1.807, 2.05) is 12.1 Å². The lowest BCUT2D eigenvalue weighted by Crippen LogP contribution is -1.72. The third-order valence-electron chi connectivity index (χ3n) is 2.03. The van der Waals surface area contributed by atoms with Gasteiger partial charge >= 0.3 is 0 Å². The van der Waals surface area contributed by atoms with E-state index in [0.717, 1.165) is 19.3 Å². The Balaban J connectivity index is 3.20. The van der Waals surface area contributed by atoms with Crippen molar-refractivity contribution in [3.05, 3.63) is 36.5 Å². The van der Waals surface area contributed by atoms with Gasteiger partial charge in [0.05, 0.1) is 6.07 Å². The van der Waals surface area contributed by atoms with Crippen LogP contribution < -0.4 is 0 Å². The number of rotatable bonds is 8. The van der Waals surface area contributed by atoms with Crippen molar-refractivity contribution in [2.45, 2.75) is 45.4 Å². The van der Waals surface area contributed by atoms with Gasteiger partial charge in [-0.1, -0.05) is 37.3 Å². The number of nitrogens with zero attached hydrogens (tertiary/aromatic N) is 1. The molecule has 0 aromatic carbocycles. The van der Waals surface area contributed by atoms with Crippen molar-refractivity contribution < 1.29 is 0 Å². The Morgan fingerprint density at radius 3 is 2.20 bits per heavy atom. The maximum Gasteiger partial charge on any atom is 0.0908 e. The second kappa shape index (κ2) is 12.7. The molecule has 15 heavy (non-hydrogen) atoms. The van der Waals surface area contributed by atoms with E-state index in [1.165, 1.54) is 25.3 Å². The van der Waals surface area contributed by atoms with Crippen LogP contribution in [0.15, 0.2) is 36.5 Å². The Bertz CT molecular complexity index is 241. The molecule has 1 nitrogen and oxygen atoms in total. The van der Waals surface area contributed by atoms with Crippen LogP contribution in [0.4, 0.5) is 0 Å². The third-order valence-corrected chi connectivity index (χ3v) is 2.03. The summed E-state index contributed by atoms with van der Waals surface area (Å²) in [4.78, 5) is 0. The molecular formula is C14H21N. The zero-order valence-corrected chi connectivity index (χ0v) is 9.65. The zero-order chi connectivity index (χ0) is 11.2. The third kappa shape index (κ3) is 12.7. The summed E-state index contributed by atoms with van der Waals surface area (Å²) in [6.07, 6.45) is 19.1. The summed E-state index contributed by atoms with van der Waals surface area (Å²) in [5.41, 5.74) is 0. The number of unbranched alkanes of at least 4 members (excludes halogenated alkanes) is 3. The van der Waals surface area contributed by atoms with Crippen molar-refractivity contribution in [3.63, 3.8) is 0 Å². The Hall–Kier alpha value is -1.29. The largest absolute Gasteiger partial charge is 0.193 e. The number of hydrogen-bond donors (Lipinski definition) is 0. The quantitative estimate of drug-likeness (QED) is 0.323. The smallest absolute Gasteiger partial charge is 0.0908 e. The Morgan fingerprint density at radius 1 is 0.933 bits per heavy atom. The van der Waals surface area contributed by atoms with Crippen LogP contribution in [0.1, 0.15) is 45.4 Å². The van der Waals surface area contributed by atoms with Crippen LogP contribution in [0, 0.1) is 11.3 Å². The topological polar surface area (TPSA) is 23.8 Å². The summed E-state index contributed by atoms with van der Waals surface area (Å²) in [7, 11) is 0. The van der Waals surface area contributed by atoms with Gasteiger partial charge in [0.25, 0.3) is 0 Å². The van der Waals surface area contributed by atoms with Crippen LogP contribution in [0.5, 0.6) is 0 Å². The van der Waals surface area contributed by atoms with E-state index in [1.54, 1.807) is 0 Å². The molecule has 0 aliphatic heterocycles. The summed E-state index contributed by atoms with van der Waals surface area (Å²) in [6.45, 7) is 2.16. The molecule has 0 aromatic rings. The molecular weight excluding hydrogens is 182 g/mol. The first-order valence-electron chi connectivity index (χ1n) is 5.76. The van der Waals surface area contributed by atoms with Crippen LogP contribution >= 0.6 is 0 Å². The van der Waals surface area contributed by atoms with Gasteiger partial charge < -0.3 is 0 Å². The zero-order valence-electron chi connectivity index (χ0n) is 9.65. The van der Waals surface area contributed by atoms with Gasteiger partial charge in [-0.25, -0.2) is 0 Å². The molecule has 0 heterocycles. The molecule has 0 rings (SSSR count). The highest BCUT2D eigenvalue weighted by molar-refractivity contribution is 5.04. The highest BCUT2D eigenvalue weighted by Crippen LogP contribution is 2.02. The monoisotopic (exact) mass is 203 g/mol. The van der Waals surface area contributed by atoms with Gasteiger partial charge in [0.1, 0.15) is 0 Å². The minimum atomic E-state index is 0.878. The predicted molar refractivity (Wildman–Crippen MR) is 66.4 cm³/mol. The molecule has 0 bridgehead atoms. The van der Waals surface area contributed by atoms with E-state index in [9.17, 15) is 0 Å². The summed E-state index contributed by atoms with van der Waals surface area (Å²) in [6, 6.07) is 1.98. The maximum absolute atomic E-state index is 8.24. The van der Waals surface area contributed by atoms with Crippen LogP contribution in [0.25, 0.3) is 0 Å². The SMILES string of the molecule is CC/C=C/CCCC/C=C/C/C=C/C#N. The second-order valence-corrected chi connectivity index (χ2v) is 3.40. The average molecular weight is 203 g/mol. The van der Waals surface area contributed by atoms with Gasteiger partial charge in [-0.15, -0.1) is 0 Å². The molecule has 0 unspecified atom stereocenters. The van der Waals surface area contributed by atoms with Gasteiger partial charge in [0, 0.05) is 6.08 Å². The maximum atomic E-state index is 8.24. The minimum absolute atomic E-state index is 0.878. The van der Waals surface area contributed by atoms with Gasteiger partial charge in [-0.2, -0.15) is 5.26 Å². The summed E-state index contributed by atoms with van der Waals surface area (Å²) < 4.78 is 0. The van der Waals surface area contributed by atoms with Crippen molar-refractivity contribution >= 4 is 0 Å². The number of nitriles is 1. The molecule has 0 amide bonds. The van der Waals surface area contributed by atoms with E-state index in [-0.39, 0.29) is 0 Å². The van der Waals surface area contributed by atoms with E-state index in [2.05, 4.69) is 31.2 Å².